The van der Waals surface area contributed by atoms with Crippen LogP contribution < -0.4 is 4.74 Å². The minimum absolute atomic E-state index is 0.410. The van der Waals surface area contributed by atoms with Gasteiger partial charge in [0.1, 0.15) is 11.2 Å². The van der Waals surface area contributed by atoms with Crippen molar-refractivity contribution in [2.75, 3.05) is 19.8 Å². The van der Waals surface area contributed by atoms with E-state index < -0.39 is 5.41 Å². The molecule has 3 heteroatoms. The molecule has 0 amide bonds. The molecule has 16 heavy (non-hydrogen) atoms. The highest BCUT2D eigenvalue weighted by atomic mass is 16.5. The zero-order chi connectivity index (χ0) is 11.0. The SMILES string of the molecule is N#CC1(c2ccc3c(c2)CCCO3)COC1. The van der Waals surface area contributed by atoms with Gasteiger partial charge in [-0.05, 0) is 30.0 Å². The standard InChI is InChI=1S/C13H13NO2/c14-7-13(8-15-9-13)11-3-4-12-10(6-11)2-1-5-16-12/h3-4,6H,1-2,5,8-9H2. The smallest absolute Gasteiger partial charge is 0.129 e. The van der Waals surface area contributed by atoms with Gasteiger partial charge in [-0.3, -0.25) is 0 Å². The number of benzene rings is 1. The molecule has 0 unspecified atom stereocenters. The molecule has 2 heterocycles. The van der Waals surface area contributed by atoms with Crippen molar-refractivity contribution in [3.05, 3.63) is 29.3 Å². The Morgan fingerprint density at radius 2 is 2.19 bits per heavy atom. The second-order valence-electron chi connectivity index (χ2n) is 4.46. The minimum Gasteiger partial charge on any atom is -0.493 e. The monoisotopic (exact) mass is 215 g/mol. The number of fused-ring (bicyclic) bond motifs is 1. The van der Waals surface area contributed by atoms with Crippen molar-refractivity contribution in [2.24, 2.45) is 0 Å². The van der Waals surface area contributed by atoms with E-state index in [1.54, 1.807) is 0 Å². The molecule has 0 atom stereocenters. The van der Waals surface area contributed by atoms with Crippen molar-refractivity contribution in [1.29, 1.82) is 5.26 Å². The summed E-state index contributed by atoms with van der Waals surface area (Å²) in [5, 5.41) is 9.23. The van der Waals surface area contributed by atoms with Crippen LogP contribution in [-0.4, -0.2) is 19.8 Å². The summed E-state index contributed by atoms with van der Waals surface area (Å²) in [6.07, 6.45) is 2.11. The summed E-state index contributed by atoms with van der Waals surface area (Å²) in [5.41, 5.74) is 1.89. The summed E-state index contributed by atoms with van der Waals surface area (Å²) < 4.78 is 10.7. The lowest BCUT2D eigenvalue weighted by molar-refractivity contribution is -0.0298. The molecule has 2 aliphatic rings. The molecule has 0 radical (unpaired) electrons. The van der Waals surface area contributed by atoms with E-state index in [1.165, 1.54) is 5.56 Å². The Balaban J connectivity index is 2.00. The molecule has 2 aliphatic heterocycles. The van der Waals surface area contributed by atoms with Crippen LogP contribution in [0.1, 0.15) is 17.5 Å². The first-order valence-corrected chi connectivity index (χ1v) is 5.59. The maximum atomic E-state index is 9.23. The molecule has 0 saturated carbocycles. The van der Waals surface area contributed by atoms with Crippen LogP contribution in [0.25, 0.3) is 0 Å². The topological polar surface area (TPSA) is 42.2 Å². The zero-order valence-corrected chi connectivity index (χ0v) is 9.03. The molecule has 1 fully saturated rings. The van der Waals surface area contributed by atoms with Crippen LogP contribution in [0, 0.1) is 11.3 Å². The molecule has 0 aliphatic carbocycles. The Morgan fingerprint density at radius 1 is 1.31 bits per heavy atom. The summed E-state index contributed by atoms with van der Waals surface area (Å²) in [7, 11) is 0. The van der Waals surface area contributed by atoms with Crippen LogP contribution in [0.4, 0.5) is 0 Å². The van der Waals surface area contributed by atoms with Crippen LogP contribution in [0.15, 0.2) is 18.2 Å². The molecule has 1 aromatic carbocycles. The highest BCUT2D eigenvalue weighted by Gasteiger charge is 2.41. The molecular formula is C13H13NO2. The molecule has 3 rings (SSSR count). The predicted octanol–water partition coefficient (Wildman–Crippen LogP) is 1.80. The summed E-state index contributed by atoms with van der Waals surface area (Å²) in [6, 6.07) is 8.47. The lowest BCUT2D eigenvalue weighted by Crippen LogP contribution is -2.45. The fraction of sp³-hybridized carbons (Fsp3) is 0.462. The number of hydrogen-bond acceptors (Lipinski definition) is 3. The van der Waals surface area contributed by atoms with E-state index in [0.717, 1.165) is 30.8 Å². The Kier molecular flexibility index (Phi) is 2.12. The van der Waals surface area contributed by atoms with E-state index in [-0.39, 0.29) is 0 Å². The maximum absolute atomic E-state index is 9.23. The van der Waals surface area contributed by atoms with Crippen molar-refractivity contribution in [3.63, 3.8) is 0 Å². The number of nitrogens with zero attached hydrogens (tertiary/aromatic N) is 1. The number of rotatable bonds is 1. The Hall–Kier alpha value is -1.53. The van der Waals surface area contributed by atoms with Crippen LogP contribution in [0.5, 0.6) is 5.75 Å². The van der Waals surface area contributed by atoms with Gasteiger partial charge < -0.3 is 9.47 Å². The summed E-state index contributed by atoms with van der Waals surface area (Å²) in [4.78, 5) is 0. The quantitative estimate of drug-likeness (QED) is 0.717. The van der Waals surface area contributed by atoms with Gasteiger partial charge in [-0.25, -0.2) is 0 Å². The molecule has 1 aromatic rings. The summed E-state index contributed by atoms with van der Waals surface area (Å²) in [6.45, 7) is 1.84. The second kappa shape index (κ2) is 3.50. The van der Waals surface area contributed by atoms with Crippen LogP contribution in [-0.2, 0) is 16.6 Å². The molecule has 0 N–H and O–H groups in total. The van der Waals surface area contributed by atoms with E-state index in [2.05, 4.69) is 12.1 Å². The van der Waals surface area contributed by atoms with Gasteiger partial charge in [0.25, 0.3) is 0 Å². The first kappa shape index (κ1) is 9.68. The van der Waals surface area contributed by atoms with Crippen molar-refractivity contribution in [3.8, 4) is 11.8 Å². The molecule has 82 valence electrons. The third-order valence-electron chi connectivity index (χ3n) is 3.37. The average Bonchev–Trinajstić information content (AvgIpc) is 2.28. The Bertz CT molecular complexity index is 457. The second-order valence-corrected chi connectivity index (χ2v) is 4.46. The lowest BCUT2D eigenvalue weighted by atomic mass is 9.79. The van der Waals surface area contributed by atoms with Gasteiger partial charge >= 0.3 is 0 Å². The molecular weight excluding hydrogens is 202 g/mol. The average molecular weight is 215 g/mol. The molecule has 0 spiro atoms. The number of aryl methyl sites for hydroxylation is 1. The van der Waals surface area contributed by atoms with Gasteiger partial charge in [0.15, 0.2) is 0 Å². The van der Waals surface area contributed by atoms with Crippen LogP contribution in [0.2, 0.25) is 0 Å². The largest absolute Gasteiger partial charge is 0.493 e. The normalized spacial score (nSPS) is 21.2. The molecule has 0 bridgehead atoms. The van der Waals surface area contributed by atoms with Gasteiger partial charge in [0.05, 0.1) is 25.9 Å². The fourth-order valence-electron chi connectivity index (χ4n) is 2.26. The maximum Gasteiger partial charge on any atom is 0.129 e. The zero-order valence-electron chi connectivity index (χ0n) is 9.03. The van der Waals surface area contributed by atoms with Gasteiger partial charge in [-0.15, -0.1) is 0 Å². The Labute approximate surface area is 94.6 Å². The molecule has 1 saturated heterocycles. The first-order chi connectivity index (χ1) is 7.84. The van der Waals surface area contributed by atoms with E-state index in [0.29, 0.717) is 13.2 Å². The van der Waals surface area contributed by atoms with Crippen molar-refractivity contribution in [2.45, 2.75) is 18.3 Å². The van der Waals surface area contributed by atoms with Gasteiger partial charge in [0.2, 0.25) is 0 Å². The fourth-order valence-corrected chi connectivity index (χ4v) is 2.26. The van der Waals surface area contributed by atoms with E-state index >= 15 is 0 Å². The van der Waals surface area contributed by atoms with E-state index in [1.807, 2.05) is 12.1 Å². The highest BCUT2D eigenvalue weighted by Crippen LogP contribution is 2.35. The molecule has 0 aromatic heterocycles. The number of nitriles is 1. The third-order valence-corrected chi connectivity index (χ3v) is 3.37. The van der Waals surface area contributed by atoms with Gasteiger partial charge in [0, 0.05) is 0 Å². The molecule has 3 nitrogen and oxygen atoms in total. The highest BCUT2D eigenvalue weighted by molar-refractivity contribution is 5.44. The number of ether oxygens (including phenoxy) is 2. The predicted molar refractivity (Wildman–Crippen MR) is 58.4 cm³/mol. The van der Waals surface area contributed by atoms with Crippen molar-refractivity contribution in [1.82, 2.24) is 0 Å². The van der Waals surface area contributed by atoms with Crippen molar-refractivity contribution < 1.29 is 9.47 Å². The lowest BCUT2D eigenvalue weighted by Gasteiger charge is -2.36. The van der Waals surface area contributed by atoms with Gasteiger partial charge in [-0.2, -0.15) is 5.26 Å². The summed E-state index contributed by atoms with van der Waals surface area (Å²) in [5.74, 6) is 0.975. The first-order valence-electron chi connectivity index (χ1n) is 5.59. The van der Waals surface area contributed by atoms with Gasteiger partial charge in [-0.1, -0.05) is 12.1 Å². The van der Waals surface area contributed by atoms with Crippen LogP contribution in [0.3, 0.4) is 0 Å². The third kappa shape index (κ3) is 1.30. The van der Waals surface area contributed by atoms with Crippen LogP contribution >= 0.6 is 0 Å². The summed E-state index contributed by atoms with van der Waals surface area (Å²) >= 11 is 0. The van der Waals surface area contributed by atoms with E-state index in [4.69, 9.17) is 9.47 Å². The minimum atomic E-state index is -0.410. The van der Waals surface area contributed by atoms with E-state index in [9.17, 15) is 5.26 Å². The van der Waals surface area contributed by atoms with Crippen molar-refractivity contribution >= 4 is 0 Å². The Morgan fingerprint density at radius 3 is 2.88 bits per heavy atom. The number of hydrogen-bond donors (Lipinski definition) is 0.